The molecule has 1 rings (SSSR count). The maximum Gasteiger partial charge on any atom is 0.341 e. The third-order valence-corrected chi connectivity index (χ3v) is 4.43. The molecule has 0 radical (unpaired) electrons. The first-order chi connectivity index (χ1) is 11.5. The summed E-state index contributed by atoms with van der Waals surface area (Å²) in [6.45, 7) is 7.61. The van der Waals surface area contributed by atoms with Gasteiger partial charge in [-0.15, -0.1) is 0 Å². The van der Waals surface area contributed by atoms with Crippen molar-refractivity contribution in [3.63, 3.8) is 0 Å². The van der Waals surface area contributed by atoms with Crippen molar-refractivity contribution in [3.05, 3.63) is 23.6 Å². The Morgan fingerprint density at radius 1 is 1.40 bits per heavy atom. The second kappa shape index (κ2) is 8.48. The number of Topliss-reactive ketones (excluding diaryl/α,β-unsaturated/α-hetero) is 1. The van der Waals surface area contributed by atoms with Crippen LogP contribution >= 0.6 is 0 Å². The number of nitrogens with zero attached hydrogens (tertiary/aromatic N) is 1. The van der Waals surface area contributed by atoms with Gasteiger partial charge in [0, 0.05) is 6.54 Å². The van der Waals surface area contributed by atoms with Gasteiger partial charge in [0.05, 0.1) is 17.9 Å². The fourth-order valence-corrected chi connectivity index (χ4v) is 2.85. The van der Waals surface area contributed by atoms with E-state index in [0.29, 0.717) is 19.0 Å². The quantitative estimate of drug-likeness (QED) is 0.222. The first-order valence-corrected chi connectivity index (χ1v) is 9.54. The van der Waals surface area contributed by atoms with Gasteiger partial charge in [0.2, 0.25) is 0 Å². The van der Waals surface area contributed by atoms with Crippen molar-refractivity contribution < 1.29 is 32.0 Å². The second-order valence-corrected chi connectivity index (χ2v) is 7.83. The van der Waals surface area contributed by atoms with E-state index in [9.17, 15) is 18.0 Å². The lowest BCUT2D eigenvalue weighted by atomic mass is 10.1. The van der Waals surface area contributed by atoms with Gasteiger partial charge in [0.1, 0.15) is 12.2 Å². The van der Waals surface area contributed by atoms with Crippen LogP contribution in [0.15, 0.2) is 23.6 Å². The highest BCUT2D eigenvalue weighted by molar-refractivity contribution is 7.85. The average molecular weight is 375 g/mol. The van der Waals surface area contributed by atoms with Gasteiger partial charge in [0.15, 0.2) is 11.7 Å². The summed E-state index contributed by atoms with van der Waals surface area (Å²) in [7, 11) is -4.03. The number of carbonyl (C=O) groups is 2. The molecule has 1 fully saturated rings. The molecule has 0 aromatic heterocycles. The van der Waals surface area contributed by atoms with Crippen LogP contribution in [0.5, 0.6) is 0 Å². The van der Waals surface area contributed by atoms with Crippen LogP contribution in [-0.2, 0) is 29.2 Å². The summed E-state index contributed by atoms with van der Waals surface area (Å²) in [5, 5.41) is 0. The van der Waals surface area contributed by atoms with Gasteiger partial charge in [-0.25, -0.2) is 4.79 Å². The summed E-state index contributed by atoms with van der Waals surface area (Å²) >= 11 is 0. The first kappa shape index (κ1) is 21.2. The predicted molar refractivity (Wildman–Crippen MR) is 91.2 cm³/mol. The minimum Gasteiger partial charge on any atom is -0.477 e. The third kappa shape index (κ3) is 6.50. The first-order valence-electron chi connectivity index (χ1n) is 7.93. The van der Waals surface area contributed by atoms with Crippen LogP contribution in [0.25, 0.3) is 0 Å². The molecule has 1 aliphatic heterocycles. The summed E-state index contributed by atoms with van der Waals surface area (Å²) in [5.74, 6) is -1.07. The Morgan fingerprint density at radius 3 is 2.56 bits per heavy atom. The molecular weight excluding hydrogens is 350 g/mol. The number of ether oxygens (including phenoxy) is 2. The summed E-state index contributed by atoms with van der Waals surface area (Å²) in [5.41, 5.74) is -0.486. The number of hydrogen-bond donors (Lipinski definition) is 1. The maximum atomic E-state index is 11.8. The Morgan fingerprint density at radius 2 is 2.04 bits per heavy atom. The van der Waals surface area contributed by atoms with Crippen molar-refractivity contribution >= 4 is 21.9 Å². The number of carbonyl (C=O) groups excluding carboxylic acids is 2. The number of esters is 1. The van der Waals surface area contributed by atoms with Gasteiger partial charge in [-0.2, -0.15) is 8.42 Å². The van der Waals surface area contributed by atoms with Crippen molar-refractivity contribution in [1.82, 2.24) is 4.90 Å². The van der Waals surface area contributed by atoms with Crippen LogP contribution in [-0.4, -0.2) is 60.7 Å². The number of ketones is 1. The molecule has 1 heterocycles. The fourth-order valence-electron chi connectivity index (χ4n) is 2.35. The molecular formula is C16H25NO7S. The SMILES string of the molecule is CCOC(=O)C(=CC=C1OCC(C)(C)N1CCCS(=O)(=O)O)C(C)=O. The monoisotopic (exact) mass is 375 g/mol. The van der Waals surface area contributed by atoms with E-state index in [2.05, 4.69) is 0 Å². The Labute approximate surface area is 148 Å². The molecule has 0 atom stereocenters. The van der Waals surface area contributed by atoms with Crippen LogP contribution in [0.3, 0.4) is 0 Å². The molecule has 9 heteroatoms. The minimum atomic E-state index is -4.03. The van der Waals surface area contributed by atoms with E-state index in [1.54, 1.807) is 6.92 Å². The zero-order chi connectivity index (χ0) is 19.3. The van der Waals surface area contributed by atoms with Gasteiger partial charge < -0.3 is 14.4 Å². The smallest absolute Gasteiger partial charge is 0.341 e. The third-order valence-electron chi connectivity index (χ3n) is 3.62. The molecule has 1 N–H and O–H groups in total. The van der Waals surface area contributed by atoms with Gasteiger partial charge in [0.25, 0.3) is 10.1 Å². The van der Waals surface area contributed by atoms with Crippen LogP contribution in [0.1, 0.15) is 34.1 Å². The molecule has 0 aromatic rings. The fraction of sp³-hybridized carbons (Fsp3) is 0.625. The van der Waals surface area contributed by atoms with Crippen LogP contribution < -0.4 is 0 Å². The molecule has 0 aromatic carbocycles. The lowest BCUT2D eigenvalue weighted by molar-refractivity contribution is -0.139. The maximum absolute atomic E-state index is 11.8. The van der Waals surface area contributed by atoms with Crippen LogP contribution in [0.4, 0.5) is 0 Å². The van der Waals surface area contributed by atoms with E-state index in [4.69, 9.17) is 14.0 Å². The van der Waals surface area contributed by atoms with Crippen molar-refractivity contribution in [1.29, 1.82) is 0 Å². The summed E-state index contributed by atoms with van der Waals surface area (Å²) in [4.78, 5) is 25.2. The highest BCUT2D eigenvalue weighted by atomic mass is 32.2. The Balaban J connectivity index is 2.98. The molecule has 0 unspecified atom stereocenters. The second-order valence-electron chi connectivity index (χ2n) is 6.25. The zero-order valence-corrected chi connectivity index (χ0v) is 15.8. The largest absolute Gasteiger partial charge is 0.477 e. The van der Waals surface area contributed by atoms with Crippen LogP contribution in [0.2, 0.25) is 0 Å². The topological polar surface area (TPSA) is 110 Å². The van der Waals surface area contributed by atoms with Gasteiger partial charge in [-0.1, -0.05) is 0 Å². The molecule has 8 nitrogen and oxygen atoms in total. The average Bonchev–Trinajstić information content (AvgIpc) is 2.73. The number of hydrogen-bond acceptors (Lipinski definition) is 7. The van der Waals surface area contributed by atoms with Crippen molar-refractivity contribution in [3.8, 4) is 0 Å². The van der Waals surface area contributed by atoms with Crippen molar-refractivity contribution in [2.45, 2.75) is 39.7 Å². The van der Waals surface area contributed by atoms with E-state index in [1.807, 2.05) is 18.7 Å². The summed E-state index contributed by atoms with van der Waals surface area (Å²) in [6.07, 6.45) is 3.05. The van der Waals surface area contributed by atoms with E-state index < -0.39 is 21.9 Å². The van der Waals surface area contributed by atoms with Crippen LogP contribution in [0, 0.1) is 0 Å². The summed E-state index contributed by atoms with van der Waals surface area (Å²) < 4.78 is 41.0. The Kier molecular flexibility index (Phi) is 7.18. The van der Waals surface area contributed by atoms with Crippen molar-refractivity contribution in [2.24, 2.45) is 0 Å². The van der Waals surface area contributed by atoms with E-state index in [1.165, 1.54) is 19.1 Å². The number of allylic oxidation sites excluding steroid dienone is 2. The zero-order valence-electron chi connectivity index (χ0n) is 14.9. The number of rotatable bonds is 8. The lowest BCUT2D eigenvalue weighted by Gasteiger charge is -2.30. The highest BCUT2D eigenvalue weighted by Gasteiger charge is 2.36. The highest BCUT2D eigenvalue weighted by Crippen LogP contribution is 2.29. The molecule has 0 bridgehead atoms. The standard InChI is InChI=1S/C16H25NO7S/c1-5-23-15(19)13(12(2)18)7-8-14-17(16(3,4)11-24-14)9-6-10-25(20,21)22/h7-8H,5-6,9-11H2,1-4H3,(H,20,21,22). The molecule has 1 saturated heterocycles. The molecule has 0 aliphatic carbocycles. The molecule has 0 saturated carbocycles. The predicted octanol–water partition coefficient (Wildman–Crippen LogP) is 1.30. The van der Waals surface area contributed by atoms with Gasteiger partial charge >= 0.3 is 5.97 Å². The van der Waals surface area contributed by atoms with E-state index >= 15 is 0 Å². The minimum absolute atomic E-state index is 0.0967. The van der Waals surface area contributed by atoms with Crippen molar-refractivity contribution in [2.75, 3.05) is 25.5 Å². The van der Waals surface area contributed by atoms with E-state index in [0.717, 1.165) is 0 Å². The summed E-state index contributed by atoms with van der Waals surface area (Å²) in [6, 6.07) is 0. The Bertz CT molecular complexity index is 677. The molecule has 142 valence electrons. The molecule has 25 heavy (non-hydrogen) atoms. The molecule has 0 amide bonds. The lowest BCUT2D eigenvalue weighted by Crippen LogP contribution is -2.40. The van der Waals surface area contributed by atoms with E-state index in [-0.39, 0.29) is 29.9 Å². The normalized spacial score (nSPS) is 19.0. The molecule has 1 aliphatic rings. The van der Waals surface area contributed by atoms with Gasteiger partial charge in [-0.05, 0) is 46.3 Å². The Hall–Kier alpha value is -1.87. The molecule has 0 spiro atoms. The van der Waals surface area contributed by atoms with Gasteiger partial charge in [-0.3, -0.25) is 9.35 Å².